The van der Waals surface area contributed by atoms with E-state index in [1.165, 1.54) is 0 Å². The maximum atomic E-state index is 4.87. The number of aromatic nitrogens is 2. The van der Waals surface area contributed by atoms with Crippen LogP contribution in [0.5, 0.6) is 0 Å². The maximum Gasteiger partial charge on any atom is 4.00 e. The fourth-order valence-corrected chi connectivity index (χ4v) is 3.09. The van der Waals surface area contributed by atoms with Gasteiger partial charge in [0.1, 0.15) is 0 Å². The maximum absolute atomic E-state index is 4.87. The van der Waals surface area contributed by atoms with Crippen molar-refractivity contribution >= 4 is 0 Å². The fourth-order valence-electron chi connectivity index (χ4n) is 3.09. The first-order chi connectivity index (χ1) is 15.0. The minimum Gasteiger partial charge on any atom is -0.668 e. The van der Waals surface area contributed by atoms with E-state index in [9.17, 15) is 0 Å². The SMILES string of the molecule is CC(C)(c1ccc(-c2ccccc2)[n-]1)c1ccc(-c2ccccc2)[n-]1.C[N-]C.C[N-]C.[Ti+4]. The summed E-state index contributed by atoms with van der Waals surface area (Å²) in [6.07, 6.45) is 0. The van der Waals surface area contributed by atoms with Gasteiger partial charge in [-0.1, -0.05) is 98.8 Å². The number of hydrogen-bond donors (Lipinski definition) is 0. The molecule has 0 aliphatic rings. The van der Waals surface area contributed by atoms with E-state index >= 15 is 0 Å². The quantitative estimate of drug-likeness (QED) is 0.327. The van der Waals surface area contributed by atoms with E-state index in [1.54, 1.807) is 28.2 Å². The van der Waals surface area contributed by atoms with Gasteiger partial charge in [-0.2, -0.15) is 39.6 Å². The molecule has 0 aliphatic carbocycles. The molecule has 2 heterocycles. The average molecular weight is 460 g/mol. The van der Waals surface area contributed by atoms with Crippen molar-refractivity contribution in [1.29, 1.82) is 0 Å². The molecule has 5 heteroatoms. The van der Waals surface area contributed by atoms with Crippen molar-refractivity contribution < 1.29 is 21.7 Å². The van der Waals surface area contributed by atoms with Crippen LogP contribution in [0.1, 0.15) is 25.2 Å². The molecule has 4 rings (SSSR count). The Kier molecular flexibility index (Phi) is 12.0. The predicted octanol–water partition coefficient (Wildman–Crippen LogP) is 6.50. The fraction of sp³-hybridized carbons (Fsp3) is 0.259. The first kappa shape index (κ1) is 27.7. The van der Waals surface area contributed by atoms with Crippen LogP contribution in [0, 0.1) is 0 Å². The Bertz CT molecular complexity index is 923. The zero-order valence-electron chi connectivity index (χ0n) is 19.9. The van der Waals surface area contributed by atoms with Gasteiger partial charge in [0.05, 0.1) is 0 Å². The van der Waals surface area contributed by atoms with Gasteiger partial charge in [0.15, 0.2) is 0 Å². The third-order valence-corrected chi connectivity index (χ3v) is 4.70. The van der Waals surface area contributed by atoms with Crippen molar-refractivity contribution in [3.05, 3.63) is 107 Å². The van der Waals surface area contributed by atoms with E-state index in [0.29, 0.717) is 0 Å². The van der Waals surface area contributed by atoms with E-state index in [-0.39, 0.29) is 27.1 Å². The van der Waals surface area contributed by atoms with Crippen LogP contribution in [0.3, 0.4) is 0 Å². The molecule has 4 nitrogen and oxygen atoms in total. The molecule has 0 spiro atoms. The minimum absolute atomic E-state index is 0. The normalized spacial score (nSPS) is 10.2. The minimum atomic E-state index is -0.236. The largest absolute Gasteiger partial charge is 4.00 e. The summed E-state index contributed by atoms with van der Waals surface area (Å²) in [5, 5.41) is 7.00. The van der Waals surface area contributed by atoms with Crippen molar-refractivity contribution in [2.24, 2.45) is 0 Å². The number of nitrogens with zero attached hydrogens (tertiary/aromatic N) is 4. The molecule has 2 aromatic heterocycles. The second-order valence-electron chi connectivity index (χ2n) is 7.68. The Labute approximate surface area is 208 Å². The molecule has 0 N–H and O–H groups in total. The van der Waals surface area contributed by atoms with Gasteiger partial charge in [-0.3, -0.25) is 0 Å². The second-order valence-corrected chi connectivity index (χ2v) is 7.68. The zero-order valence-corrected chi connectivity index (χ0v) is 21.4. The van der Waals surface area contributed by atoms with Crippen LogP contribution < -0.4 is 9.97 Å². The van der Waals surface area contributed by atoms with E-state index in [4.69, 9.17) is 9.97 Å². The molecule has 0 saturated carbocycles. The Morgan fingerprint density at radius 3 is 1.16 bits per heavy atom. The molecule has 0 atom stereocenters. The molecule has 0 radical (unpaired) electrons. The number of rotatable bonds is 4. The van der Waals surface area contributed by atoms with Crippen LogP contribution in [-0.4, -0.2) is 28.2 Å². The van der Waals surface area contributed by atoms with Gasteiger partial charge in [-0.25, -0.2) is 0 Å². The first-order valence-electron chi connectivity index (χ1n) is 10.3. The summed E-state index contributed by atoms with van der Waals surface area (Å²) in [7, 11) is 7.00. The predicted molar refractivity (Wildman–Crippen MR) is 133 cm³/mol. The summed E-state index contributed by atoms with van der Waals surface area (Å²) >= 11 is 0. The molecule has 164 valence electrons. The van der Waals surface area contributed by atoms with Crippen LogP contribution in [0.2, 0.25) is 0 Å². The molecule has 0 bridgehead atoms. The third kappa shape index (κ3) is 7.35. The van der Waals surface area contributed by atoms with Gasteiger partial charge in [0, 0.05) is 0 Å². The van der Waals surface area contributed by atoms with Gasteiger partial charge in [0.2, 0.25) is 0 Å². The molecule has 0 saturated heterocycles. The Balaban J connectivity index is 0.000000662. The van der Waals surface area contributed by atoms with Crippen LogP contribution in [-0.2, 0) is 27.1 Å². The summed E-state index contributed by atoms with van der Waals surface area (Å²) < 4.78 is 0. The van der Waals surface area contributed by atoms with Crippen molar-refractivity contribution in [2.45, 2.75) is 19.3 Å². The van der Waals surface area contributed by atoms with Gasteiger partial charge in [0.25, 0.3) is 0 Å². The number of hydrogen-bond acceptors (Lipinski definition) is 0. The van der Waals surface area contributed by atoms with Crippen molar-refractivity contribution in [2.75, 3.05) is 28.2 Å². The van der Waals surface area contributed by atoms with E-state index in [0.717, 1.165) is 33.9 Å². The van der Waals surface area contributed by atoms with E-state index in [1.807, 2.05) is 36.4 Å². The molecular formula is C27H32N4Ti. The standard InChI is InChI=1S/C23H20N2.2C2H6N.Ti/c1-23(2,21-15-13-19(24-21)17-9-5-3-6-10-17)22-16-14-20(25-22)18-11-7-4-8-12-18;2*1-3-2;/h3-16H,1-2H3;2*1-2H3;/q-2;2*-1;+4. The van der Waals surface area contributed by atoms with E-state index < -0.39 is 0 Å². The van der Waals surface area contributed by atoms with Crippen molar-refractivity contribution in [3.63, 3.8) is 0 Å². The molecule has 32 heavy (non-hydrogen) atoms. The van der Waals surface area contributed by atoms with Crippen LogP contribution >= 0.6 is 0 Å². The van der Waals surface area contributed by atoms with Crippen LogP contribution in [0.4, 0.5) is 0 Å². The summed E-state index contributed by atoms with van der Waals surface area (Å²) in [4.78, 5) is 9.74. The first-order valence-corrected chi connectivity index (χ1v) is 10.3. The van der Waals surface area contributed by atoms with Gasteiger partial charge >= 0.3 is 21.7 Å². The van der Waals surface area contributed by atoms with Crippen LogP contribution in [0.15, 0.2) is 84.9 Å². The molecule has 0 fully saturated rings. The summed E-state index contributed by atoms with van der Waals surface area (Å²) in [5.41, 5.74) is 6.17. The van der Waals surface area contributed by atoms with Gasteiger partial charge in [-0.15, -0.1) is 11.4 Å². The summed E-state index contributed by atoms with van der Waals surface area (Å²) in [6.45, 7) is 4.36. The zero-order chi connectivity index (χ0) is 22.7. The van der Waals surface area contributed by atoms with Gasteiger partial charge < -0.3 is 20.6 Å². The monoisotopic (exact) mass is 460 g/mol. The molecule has 0 amide bonds. The van der Waals surface area contributed by atoms with Gasteiger partial charge in [-0.05, 0) is 16.5 Å². The Morgan fingerprint density at radius 1 is 0.531 bits per heavy atom. The topological polar surface area (TPSA) is 56.4 Å². The molecule has 2 aromatic carbocycles. The van der Waals surface area contributed by atoms with Crippen molar-refractivity contribution in [3.8, 4) is 22.5 Å². The smallest absolute Gasteiger partial charge is 0.668 e. The Morgan fingerprint density at radius 2 is 0.844 bits per heavy atom. The van der Waals surface area contributed by atoms with E-state index in [2.05, 4.69) is 73.0 Å². The third-order valence-electron chi connectivity index (χ3n) is 4.70. The second kappa shape index (κ2) is 13.9. The van der Waals surface area contributed by atoms with Crippen molar-refractivity contribution in [1.82, 2.24) is 9.97 Å². The summed E-state index contributed by atoms with van der Waals surface area (Å²) in [5.74, 6) is 0. The Hall–Kier alpha value is -2.37. The molecule has 4 aromatic rings. The van der Waals surface area contributed by atoms with Crippen LogP contribution in [0.25, 0.3) is 33.1 Å². The average Bonchev–Trinajstić information content (AvgIpc) is 3.47. The molecular weight excluding hydrogens is 428 g/mol. The molecule has 0 unspecified atom stereocenters. The number of benzene rings is 2. The molecule has 0 aliphatic heterocycles. The summed E-state index contributed by atoms with van der Waals surface area (Å²) in [6, 6.07) is 29.0.